The first-order valence-corrected chi connectivity index (χ1v) is 6.80. The molecular weight excluding hydrogens is 244 g/mol. The highest BCUT2D eigenvalue weighted by Gasteiger charge is 2.17. The molecule has 4 N–H and O–H groups in total. The van der Waals surface area contributed by atoms with Gasteiger partial charge in [-0.15, -0.1) is 0 Å². The minimum absolute atomic E-state index is 0.160. The first kappa shape index (κ1) is 14.1. The molecule has 0 radical (unpaired) electrons. The normalized spacial score (nSPS) is 13.8. The average molecular weight is 262 g/mol. The van der Waals surface area contributed by atoms with Gasteiger partial charge in [0.05, 0.1) is 18.0 Å². The van der Waals surface area contributed by atoms with Crippen LogP contribution in [-0.4, -0.2) is 49.5 Å². The molecule has 17 heavy (non-hydrogen) atoms. The number of aromatic amines is 1. The number of nitrogens with zero attached hydrogens (tertiary/aromatic N) is 1. The van der Waals surface area contributed by atoms with Gasteiger partial charge in [0, 0.05) is 19.6 Å². The number of aliphatic hydroxyl groups excluding tert-OH is 1. The van der Waals surface area contributed by atoms with Crippen molar-refractivity contribution >= 4 is 10.0 Å². The number of hydrogen-bond donors (Lipinski definition) is 4. The van der Waals surface area contributed by atoms with Gasteiger partial charge in [-0.3, -0.25) is 5.10 Å². The van der Waals surface area contributed by atoms with Gasteiger partial charge in [0.25, 0.3) is 0 Å². The van der Waals surface area contributed by atoms with E-state index in [1.165, 1.54) is 6.20 Å². The minimum Gasteiger partial charge on any atom is -0.392 e. The van der Waals surface area contributed by atoms with Crippen molar-refractivity contribution in [1.82, 2.24) is 20.2 Å². The van der Waals surface area contributed by atoms with Crippen LogP contribution in [0.2, 0.25) is 0 Å². The van der Waals surface area contributed by atoms with Crippen molar-refractivity contribution in [3.63, 3.8) is 0 Å². The molecule has 0 aliphatic carbocycles. The Hall–Kier alpha value is -0.960. The van der Waals surface area contributed by atoms with Crippen molar-refractivity contribution in [2.24, 2.45) is 0 Å². The topological polar surface area (TPSA) is 107 Å². The molecule has 0 saturated heterocycles. The third kappa shape index (κ3) is 4.43. The molecule has 1 rings (SSSR count). The number of aliphatic hydroxyl groups is 1. The Bertz CT molecular complexity index is 441. The lowest BCUT2D eigenvalue weighted by molar-refractivity contribution is 0.192. The third-order valence-corrected chi connectivity index (χ3v) is 3.68. The number of nitrogens with one attached hydrogen (secondary N) is 3. The first-order valence-electron chi connectivity index (χ1n) is 5.32. The van der Waals surface area contributed by atoms with Crippen molar-refractivity contribution in [2.75, 3.05) is 19.6 Å². The highest BCUT2D eigenvalue weighted by molar-refractivity contribution is 7.89. The number of sulfonamides is 1. The predicted octanol–water partition coefficient (Wildman–Crippen LogP) is -1.03. The van der Waals surface area contributed by atoms with Gasteiger partial charge in [0.1, 0.15) is 4.90 Å². The fourth-order valence-electron chi connectivity index (χ4n) is 1.27. The lowest BCUT2D eigenvalue weighted by Crippen LogP contribution is -2.34. The van der Waals surface area contributed by atoms with Crippen molar-refractivity contribution in [3.8, 4) is 0 Å². The molecule has 1 heterocycles. The van der Waals surface area contributed by atoms with Gasteiger partial charge < -0.3 is 10.4 Å². The summed E-state index contributed by atoms with van der Waals surface area (Å²) in [4.78, 5) is 0.160. The molecule has 1 aromatic rings. The van der Waals surface area contributed by atoms with Crippen LogP contribution in [0.5, 0.6) is 0 Å². The zero-order valence-electron chi connectivity index (χ0n) is 9.90. The molecule has 0 aliphatic rings. The van der Waals surface area contributed by atoms with Crippen LogP contribution in [-0.2, 0) is 10.0 Å². The fraction of sp³-hybridized carbons (Fsp3) is 0.667. The molecule has 7 nitrogen and oxygen atoms in total. The van der Waals surface area contributed by atoms with E-state index in [1.54, 1.807) is 13.8 Å². The number of aromatic nitrogens is 2. The maximum atomic E-state index is 11.8. The Labute approximate surface area is 101 Å². The van der Waals surface area contributed by atoms with E-state index >= 15 is 0 Å². The van der Waals surface area contributed by atoms with Crippen LogP contribution in [0.15, 0.2) is 11.1 Å². The molecule has 1 aromatic heterocycles. The van der Waals surface area contributed by atoms with Crippen LogP contribution >= 0.6 is 0 Å². The summed E-state index contributed by atoms with van der Waals surface area (Å²) in [7, 11) is -3.49. The summed E-state index contributed by atoms with van der Waals surface area (Å²) < 4.78 is 26.0. The fourth-order valence-corrected chi connectivity index (χ4v) is 2.44. The summed E-state index contributed by atoms with van der Waals surface area (Å²) in [5.74, 6) is 0. The monoisotopic (exact) mass is 262 g/mol. The highest BCUT2D eigenvalue weighted by atomic mass is 32.2. The largest absolute Gasteiger partial charge is 0.392 e. The minimum atomic E-state index is -3.49. The maximum Gasteiger partial charge on any atom is 0.243 e. The van der Waals surface area contributed by atoms with Crippen LogP contribution in [0.3, 0.4) is 0 Å². The summed E-state index contributed by atoms with van der Waals surface area (Å²) in [6.07, 6.45) is 0.837. The Kier molecular flexibility index (Phi) is 5.06. The molecule has 0 aliphatic heterocycles. The Balaban J connectivity index is 2.39. The quantitative estimate of drug-likeness (QED) is 0.470. The Morgan fingerprint density at radius 1 is 1.53 bits per heavy atom. The molecule has 8 heteroatoms. The van der Waals surface area contributed by atoms with Crippen LogP contribution in [0.4, 0.5) is 0 Å². The standard InChI is InChI=1S/C9H18N4O3S/c1-7(14)5-10-3-4-12-17(15,16)9-6-11-13-8(9)2/h6-7,10,12,14H,3-5H2,1-2H3,(H,11,13). The summed E-state index contributed by atoms with van der Waals surface area (Å²) in [5.41, 5.74) is 0.509. The van der Waals surface area contributed by atoms with Crippen LogP contribution in [0.25, 0.3) is 0 Å². The summed E-state index contributed by atoms with van der Waals surface area (Å²) in [6.45, 7) is 4.46. The van der Waals surface area contributed by atoms with E-state index in [9.17, 15) is 8.42 Å². The number of rotatable bonds is 7. The van der Waals surface area contributed by atoms with Crippen LogP contribution < -0.4 is 10.0 Å². The smallest absolute Gasteiger partial charge is 0.243 e. The second kappa shape index (κ2) is 6.10. The number of aryl methyl sites for hydroxylation is 1. The van der Waals surface area contributed by atoms with Gasteiger partial charge in [0.15, 0.2) is 0 Å². The highest BCUT2D eigenvalue weighted by Crippen LogP contribution is 2.09. The SMILES string of the molecule is Cc1[nH]ncc1S(=O)(=O)NCCNCC(C)O. The third-order valence-electron chi connectivity index (χ3n) is 2.11. The van der Waals surface area contributed by atoms with Gasteiger partial charge in [0.2, 0.25) is 10.0 Å². The van der Waals surface area contributed by atoms with E-state index in [2.05, 4.69) is 20.2 Å². The van der Waals surface area contributed by atoms with Crippen molar-refractivity contribution < 1.29 is 13.5 Å². The lowest BCUT2D eigenvalue weighted by atomic mass is 10.4. The molecule has 0 amide bonds. The molecule has 1 unspecified atom stereocenters. The predicted molar refractivity (Wildman–Crippen MR) is 63.1 cm³/mol. The maximum absolute atomic E-state index is 11.8. The van der Waals surface area contributed by atoms with Crippen molar-refractivity contribution in [1.29, 1.82) is 0 Å². The van der Waals surface area contributed by atoms with Crippen LogP contribution in [0, 0.1) is 6.92 Å². The molecule has 0 spiro atoms. The van der Waals surface area contributed by atoms with Crippen LogP contribution in [0.1, 0.15) is 12.6 Å². The van der Waals surface area contributed by atoms with E-state index in [0.717, 1.165) is 0 Å². The Morgan fingerprint density at radius 2 is 2.24 bits per heavy atom. The van der Waals surface area contributed by atoms with Crippen molar-refractivity contribution in [3.05, 3.63) is 11.9 Å². The molecule has 98 valence electrons. The zero-order chi connectivity index (χ0) is 12.9. The van der Waals surface area contributed by atoms with E-state index in [-0.39, 0.29) is 11.4 Å². The molecule has 1 atom stereocenters. The summed E-state index contributed by atoms with van der Waals surface area (Å²) >= 11 is 0. The molecule has 0 fully saturated rings. The molecule has 0 aromatic carbocycles. The van der Waals surface area contributed by atoms with Gasteiger partial charge in [-0.2, -0.15) is 5.10 Å². The van der Waals surface area contributed by atoms with Gasteiger partial charge in [-0.05, 0) is 13.8 Å². The molecule has 0 saturated carbocycles. The average Bonchev–Trinajstić information content (AvgIpc) is 2.64. The van der Waals surface area contributed by atoms with Gasteiger partial charge in [-0.25, -0.2) is 13.1 Å². The van der Waals surface area contributed by atoms with Gasteiger partial charge in [-0.1, -0.05) is 0 Å². The summed E-state index contributed by atoms with van der Waals surface area (Å²) in [5, 5.41) is 18.1. The van der Waals surface area contributed by atoms with E-state index in [4.69, 9.17) is 5.11 Å². The van der Waals surface area contributed by atoms with Gasteiger partial charge >= 0.3 is 0 Å². The van der Waals surface area contributed by atoms with Crippen molar-refractivity contribution in [2.45, 2.75) is 24.8 Å². The number of H-pyrrole nitrogens is 1. The zero-order valence-corrected chi connectivity index (χ0v) is 10.7. The molecule has 0 bridgehead atoms. The molecular formula is C9H18N4O3S. The summed E-state index contributed by atoms with van der Waals surface area (Å²) in [6, 6.07) is 0. The van der Waals surface area contributed by atoms with E-state index in [1.807, 2.05) is 0 Å². The Morgan fingerprint density at radius 3 is 2.76 bits per heavy atom. The van der Waals surface area contributed by atoms with E-state index < -0.39 is 16.1 Å². The lowest BCUT2D eigenvalue weighted by Gasteiger charge is -2.08. The number of hydrogen-bond acceptors (Lipinski definition) is 5. The first-order chi connectivity index (χ1) is 7.93. The van der Waals surface area contributed by atoms with E-state index in [0.29, 0.717) is 18.8 Å². The second-order valence-corrected chi connectivity index (χ2v) is 5.55. The second-order valence-electron chi connectivity index (χ2n) is 3.81.